The van der Waals surface area contributed by atoms with Gasteiger partial charge in [0.25, 0.3) is 0 Å². The quantitative estimate of drug-likeness (QED) is 0.885. The van der Waals surface area contributed by atoms with Crippen LogP contribution in [0.25, 0.3) is 0 Å². The highest BCUT2D eigenvalue weighted by Gasteiger charge is 2.24. The third-order valence-corrected chi connectivity index (χ3v) is 5.78. The first-order valence-corrected chi connectivity index (χ1v) is 9.63. The van der Waals surface area contributed by atoms with Gasteiger partial charge in [-0.1, -0.05) is 38.1 Å². The molecule has 1 saturated heterocycles. The summed E-state index contributed by atoms with van der Waals surface area (Å²) in [5.41, 5.74) is 4.23. The lowest BCUT2D eigenvalue weighted by Crippen LogP contribution is -2.32. The molecule has 23 heavy (non-hydrogen) atoms. The highest BCUT2D eigenvalue weighted by molar-refractivity contribution is 7.10. The van der Waals surface area contributed by atoms with Gasteiger partial charge in [0, 0.05) is 24.5 Å². The summed E-state index contributed by atoms with van der Waals surface area (Å²) in [7, 11) is 0. The average molecular weight is 329 g/mol. The van der Waals surface area contributed by atoms with Crippen LogP contribution in [-0.2, 0) is 0 Å². The Morgan fingerprint density at radius 2 is 1.78 bits per heavy atom. The topological polar surface area (TPSA) is 15.3 Å². The number of hydrogen-bond donors (Lipinski definition) is 1. The molecule has 0 radical (unpaired) electrons. The summed E-state index contributed by atoms with van der Waals surface area (Å²) < 4.78 is 0. The molecule has 1 aliphatic heterocycles. The molecule has 0 amide bonds. The van der Waals surface area contributed by atoms with Gasteiger partial charge in [-0.25, -0.2) is 0 Å². The van der Waals surface area contributed by atoms with E-state index in [0.717, 1.165) is 19.6 Å². The molecule has 1 unspecified atom stereocenters. The van der Waals surface area contributed by atoms with E-state index in [4.69, 9.17) is 0 Å². The number of hydrogen-bond acceptors (Lipinski definition) is 3. The first kappa shape index (κ1) is 16.7. The minimum absolute atomic E-state index is 0.398. The Balaban J connectivity index is 1.93. The second-order valence-corrected chi connectivity index (χ2v) is 7.83. The molecule has 1 N–H and O–H groups in total. The van der Waals surface area contributed by atoms with Crippen LogP contribution in [0.3, 0.4) is 0 Å². The van der Waals surface area contributed by atoms with Crippen LogP contribution in [0.15, 0.2) is 35.7 Å². The number of rotatable bonds is 4. The minimum Gasteiger partial charge on any atom is -0.315 e. The van der Waals surface area contributed by atoms with E-state index in [1.807, 2.05) is 11.3 Å². The molecule has 1 aromatic heterocycles. The maximum absolute atomic E-state index is 3.53. The number of aryl methyl sites for hydroxylation is 1. The smallest absolute Gasteiger partial charge is 0.0696 e. The fourth-order valence-corrected chi connectivity index (χ4v) is 4.40. The van der Waals surface area contributed by atoms with Gasteiger partial charge in [0.05, 0.1) is 6.04 Å². The van der Waals surface area contributed by atoms with E-state index in [9.17, 15) is 0 Å². The van der Waals surface area contributed by atoms with Gasteiger partial charge in [-0.3, -0.25) is 4.90 Å². The zero-order valence-electron chi connectivity index (χ0n) is 14.5. The van der Waals surface area contributed by atoms with E-state index in [-0.39, 0.29) is 0 Å². The van der Waals surface area contributed by atoms with Crippen LogP contribution < -0.4 is 5.32 Å². The van der Waals surface area contributed by atoms with Gasteiger partial charge in [-0.05, 0) is 53.9 Å². The van der Waals surface area contributed by atoms with E-state index in [2.05, 4.69) is 66.7 Å². The highest BCUT2D eigenvalue weighted by Crippen LogP contribution is 2.34. The Morgan fingerprint density at radius 3 is 2.43 bits per heavy atom. The largest absolute Gasteiger partial charge is 0.315 e. The predicted molar refractivity (Wildman–Crippen MR) is 100 cm³/mol. The van der Waals surface area contributed by atoms with E-state index < -0.39 is 0 Å². The molecule has 2 aromatic rings. The summed E-state index contributed by atoms with van der Waals surface area (Å²) in [6, 6.07) is 12.1. The van der Waals surface area contributed by atoms with Crippen molar-refractivity contribution in [3.63, 3.8) is 0 Å². The van der Waals surface area contributed by atoms with Crippen molar-refractivity contribution in [2.75, 3.05) is 26.2 Å². The van der Waals surface area contributed by atoms with E-state index in [0.29, 0.717) is 12.0 Å². The summed E-state index contributed by atoms with van der Waals surface area (Å²) in [5, 5.41) is 5.80. The fraction of sp³-hybridized carbons (Fsp3) is 0.500. The van der Waals surface area contributed by atoms with Crippen LogP contribution in [-0.4, -0.2) is 31.1 Å². The van der Waals surface area contributed by atoms with Crippen LogP contribution in [0.2, 0.25) is 0 Å². The SMILES string of the molecule is Cc1csc(C(c2ccc(C(C)C)cc2)N2CCCNCC2)c1. The van der Waals surface area contributed by atoms with Crippen LogP contribution in [0.4, 0.5) is 0 Å². The van der Waals surface area contributed by atoms with Crippen molar-refractivity contribution in [1.82, 2.24) is 10.2 Å². The van der Waals surface area contributed by atoms with Crippen LogP contribution in [0.5, 0.6) is 0 Å². The number of nitrogens with zero attached hydrogens (tertiary/aromatic N) is 1. The molecule has 2 nitrogen and oxygen atoms in total. The second-order valence-electron chi connectivity index (χ2n) is 6.89. The van der Waals surface area contributed by atoms with Crippen molar-refractivity contribution in [2.24, 2.45) is 0 Å². The average Bonchev–Trinajstić information content (AvgIpc) is 2.80. The maximum Gasteiger partial charge on any atom is 0.0696 e. The third-order valence-electron chi connectivity index (χ3n) is 4.68. The summed E-state index contributed by atoms with van der Waals surface area (Å²) in [6.45, 7) is 11.2. The number of thiophene rings is 1. The molecule has 0 saturated carbocycles. The van der Waals surface area contributed by atoms with Crippen LogP contribution >= 0.6 is 11.3 Å². The Kier molecular flexibility index (Phi) is 5.52. The maximum atomic E-state index is 3.53. The van der Waals surface area contributed by atoms with Gasteiger partial charge in [-0.2, -0.15) is 0 Å². The molecule has 1 aliphatic rings. The van der Waals surface area contributed by atoms with Gasteiger partial charge in [-0.15, -0.1) is 11.3 Å². The third kappa shape index (κ3) is 4.03. The normalized spacial score (nSPS) is 18.1. The second kappa shape index (κ2) is 7.61. The Labute approximate surface area is 144 Å². The molecule has 2 heterocycles. The van der Waals surface area contributed by atoms with Crippen molar-refractivity contribution < 1.29 is 0 Å². The van der Waals surface area contributed by atoms with Crippen molar-refractivity contribution in [1.29, 1.82) is 0 Å². The van der Waals surface area contributed by atoms with Crippen LogP contribution in [0.1, 0.15) is 53.8 Å². The first-order chi connectivity index (χ1) is 11.1. The lowest BCUT2D eigenvalue weighted by Gasteiger charge is -2.30. The number of nitrogens with one attached hydrogen (secondary N) is 1. The van der Waals surface area contributed by atoms with Gasteiger partial charge in [0.2, 0.25) is 0 Å². The summed E-state index contributed by atoms with van der Waals surface area (Å²) >= 11 is 1.90. The molecule has 124 valence electrons. The Morgan fingerprint density at radius 1 is 1.04 bits per heavy atom. The van der Waals surface area contributed by atoms with Crippen LogP contribution in [0, 0.1) is 6.92 Å². The molecule has 1 aromatic carbocycles. The highest BCUT2D eigenvalue weighted by atomic mass is 32.1. The van der Waals surface area contributed by atoms with Crippen molar-refractivity contribution in [2.45, 2.75) is 39.2 Å². The van der Waals surface area contributed by atoms with Gasteiger partial charge >= 0.3 is 0 Å². The summed E-state index contributed by atoms with van der Waals surface area (Å²) in [6.07, 6.45) is 1.23. The van der Waals surface area contributed by atoms with E-state index in [1.54, 1.807) is 0 Å². The van der Waals surface area contributed by atoms with Crippen molar-refractivity contribution in [3.8, 4) is 0 Å². The Hall–Kier alpha value is -1.16. The first-order valence-electron chi connectivity index (χ1n) is 8.75. The summed E-state index contributed by atoms with van der Waals surface area (Å²) in [4.78, 5) is 4.12. The molecular weight excluding hydrogens is 300 g/mol. The molecule has 0 spiro atoms. The molecule has 3 rings (SSSR count). The molecule has 0 bridgehead atoms. The van der Waals surface area contributed by atoms with Gasteiger partial charge in [0.1, 0.15) is 0 Å². The molecule has 0 aliphatic carbocycles. The minimum atomic E-state index is 0.398. The lowest BCUT2D eigenvalue weighted by atomic mass is 9.97. The van der Waals surface area contributed by atoms with Gasteiger partial charge < -0.3 is 5.32 Å². The van der Waals surface area contributed by atoms with E-state index >= 15 is 0 Å². The zero-order valence-corrected chi connectivity index (χ0v) is 15.3. The summed E-state index contributed by atoms with van der Waals surface area (Å²) in [5.74, 6) is 0.592. The Bertz CT molecular complexity index is 607. The van der Waals surface area contributed by atoms with Gasteiger partial charge in [0.15, 0.2) is 0 Å². The number of benzene rings is 1. The molecule has 1 atom stereocenters. The van der Waals surface area contributed by atoms with Crippen molar-refractivity contribution >= 4 is 11.3 Å². The fourth-order valence-electron chi connectivity index (χ4n) is 3.34. The lowest BCUT2D eigenvalue weighted by molar-refractivity contribution is 0.244. The van der Waals surface area contributed by atoms with E-state index in [1.165, 1.54) is 34.5 Å². The molecular formula is C20H28N2S. The standard InChI is InChI=1S/C20H28N2S/c1-15(2)17-5-7-18(8-6-17)20(19-13-16(3)14-23-19)22-11-4-9-21-10-12-22/h5-8,13-15,20-21H,4,9-12H2,1-3H3. The molecule has 3 heteroatoms. The monoisotopic (exact) mass is 328 g/mol. The van der Waals surface area contributed by atoms with Crippen molar-refractivity contribution in [3.05, 3.63) is 57.3 Å². The predicted octanol–water partition coefficient (Wildman–Crippen LogP) is 4.56. The zero-order chi connectivity index (χ0) is 16.2. The molecule has 1 fully saturated rings.